The van der Waals surface area contributed by atoms with Crippen molar-refractivity contribution in [2.24, 2.45) is 7.05 Å². The van der Waals surface area contributed by atoms with Crippen LogP contribution in [0.5, 0.6) is 0 Å². The zero-order chi connectivity index (χ0) is 20.4. The summed E-state index contributed by atoms with van der Waals surface area (Å²) in [6.07, 6.45) is 5.79. The Morgan fingerprint density at radius 2 is 1.93 bits per heavy atom. The highest BCUT2D eigenvalue weighted by molar-refractivity contribution is 6.05. The van der Waals surface area contributed by atoms with E-state index in [1.54, 1.807) is 10.6 Å². The number of rotatable bonds is 5. The number of carbonyl (C=O) groups is 1. The first-order valence-corrected chi connectivity index (χ1v) is 9.38. The number of carbonyl (C=O) groups excluding carboxylic acids is 1. The highest BCUT2D eigenvalue weighted by Crippen LogP contribution is 2.26. The molecule has 0 saturated carbocycles. The van der Waals surface area contributed by atoms with Gasteiger partial charge >= 0.3 is 0 Å². The predicted octanol–water partition coefficient (Wildman–Crippen LogP) is 4.39. The standard InChI is InChI=1S/C23H23N5O/c1-27(2)17-12-10-16(11-13-20-18-7-4-5-8-19(18)25-26-20)21(15-17)24-23(29)22-9-6-14-28(22)3/h4-15H,1-3H3,(H,24,29)(H,25,26)/b13-11+. The van der Waals surface area contributed by atoms with Crippen molar-refractivity contribution in [3.05, 3.63) is 77.7 Å². The summed E-state index contributed by atoms with van der Waals surface area (Å²) >= 11 is 0. The summed E-state index contributed by atoms with van der Waals surface area (Å²) in [7, 11) is 5.81. The molecule has 0 atom stereocenters. The largest absolute Gasteiger partial charge is 0.378 e. The van der Waals surface area contributed by atoms with Gasteiger partial charge in [0.2, 0.25) is 0 Å². The molecule has 0 aliphatic rings. The van der Waals surface area contributed by atoms with Gasteiger partial charge in [0.05, 0.1) is 16.9 Å². The van der Waals surface area contributed by atoms with Gasteiger partial charge in [0, 0.05) is 38.4 Å². The number of nitrogens with one attached hydrogen (secondary N) is 2. The molecule has 1 amide bonds. The Balaban J connectivity index is 1.69. The summed E-state index contributed by atoms with van der Waals surface area (Å²) in [5.74, 6) is -0.145. The van der Waals surface area contributed by atoms with Crippen LogP contribution >= 0.6 is 0 Å². The monoisotopic (exact) mass is 385 g/mol. The van der Waals surface area contributed by atoms with E-state index in [4.69, 9.17) is 0 Å². The van der Waals surface area contributed by atoms with Gasteiger partial charge in [-0.3, -0.25) is 9.89 Å². The van der Waals surface area contributed by atoms with Crippen LogP contribution in [-0.2, 0) is 7.05 Å². The van der Waals surface area contributed by atoms with E-state index < -0.39 is 0 Å². The van der Waals surface area contributed by atoms with Gasteiger partial charge in [-0.05, 0) is 42.0 Å². The van der Waals surface area contributed by atoms with Crippen molar-refractivity contribution in [3.63, 3.8) is 0 Å². The number of para-hydroxylation sites is 1. The van der Waals surface area contributed by atoms with Crippen molar-refractivity contribution >= 4 is 40.3 Å². The highest BCUT2D eigenvalue weighted by atomic mass is 16.1. The minimum absolute atomic E-state index is 0.145. The molecule has 0 saturated heterocycles. The van der Waals surface area contributed by atoms with Crippen LogP contribution in [0, 0.1) is 0 Å². The van der Waals surface area contributed by atoms with E-state index in [1.165, 1.54) is 0 Å². The molecule has 0 fully saturated rings. The fraction of sp³-hybridized carbons (Fsp3) is 0.130. The number of benzene rings is 2. The second-order valence-electron chi connectivity index (χ2n) is 7.11. The van der Waals surface area contributed by atoms with E-state index in [1.807, 2.05) is 92.9 Å². The Labute approximate surface area is 169 Å². The van der Waals surface area contributed by atoms with Gasteiger partial charge in [0.25, 0.3) is 5.91 Å². The van der Waals surface area contributed by atoms with Gasteiger partial charge in [0.15, 0.2) is 0 Å². The number of nitrogens with zero attached hydrogens (tertiary/aromatic N) is 3. The molecule has 29 heavy (non-hydrogen) atoms. The highest BCUT2D eigenvalue weighted by Gasteiger charge is 2.12. The van der Waals surface area contributed by atoms with Crippen LogP contribution in [-0.4, -0.2) is 34.8 Å². The van der Waals surface area contributed by atoms with E-state index in [-0.39, 0.29) is 5.91 Å². The third kappa shape index (κ3) is 3.78. The van der Waals surface area contributed by atoms with E-state index in [9.17, 15) is 4.79 Å². The van der Waals surface area contributed by atoms with Crippen molar-refractivity contribution in [1.29, 1.82) is 0 Å². The molecule has 4 aromatic rings. The van der Waals surface area contributed by atoms with Crippen LogP contribution in [0.2, 0.25) is 0 Å². The summed E-state index contributed by atoms with van der Waals surface area (Å²) in [4.78, 5) is 14.8. The van der Waals surface area contributed by atoms with E-state index in [2.05, 4.69) is 15.5 Å². The SMILES string of the molecule is CN(C)c1ccc(/C=C/c2n[nH]c3ccccc23)c(NC(=O)c2cccn2C)c1. The van der Waals surface area contributed by atoms with Crippen LogP contribution in [0.25, 0.3) is 23.1 Å². The Hall–Kier alpha value is -3.80. The summed E-state index contributed by atoms with van der Waals surface area (Å²) in [5, 5.41) is 11.5. The maximum absolute atomic E-state index is 12.8. The fourth-order valence-corrected chi connectivity index (χ4v) is 3.24. The molecular weight excluding hydrogens is 362 g/mol. The number of amides is 1. The summed E-state index contributed by atoms with van der Waals surface area (Å²) in [5.41, 5.74) is 5.12. The minimum Gasteiger partial charge on any atom is -0.378 e. The van der Waals surface area contributed by atoms with Gasteiger partial charge in [0.1, 0.15) is 5.69 Å². The van der Waals surface area contributed by atoms with Crippen LogP contribution in [0.15, 0.2) is 60.8 Å². The molecule has 2 N–H and O–H groups in total. The first-order chi connectivity index (χ1) is 14.0. The average molecular weight is 385 g/mol. The quantitative estimate of drug-likeness (QED) is 0.535. The van der Waals surface area contributed by atoms with Crippen molar-refractivity contribution in [1.82, 2.24) is 14.8 Å². The first-order valence-electron chi connectivity index (χ1n) is 9.38. The zero-order valence-electron chi connectivity index (χ0n) is 16.7. The fourth-order valence-electron chi connectivity index (χ4n) is 3.24. The first kappa shape index (κ1) is 18.6. The van der Waals surface area contributed by atoms with Gasteiger partial charge in [-0.25, -0.2) is 0 Å². The van der Waals surface area contributed by atoms with Crippen molar-refractivity contribution < 1.29 is 4.79 Å². The number of H-pyrrole nitrogens is 1. The topological polar surface area (TPSA) is 66.0 Å². The third-order valence-corrected chi connectivity index (χ3v) is 4.90. The molecule has 0 radical (unpaired) electrons. The predicted molar refractivity (Wildman–Crippen MR) is 119 cm³/mol. The second-order valence-corrected chi connectivity index (χ2v) is 7.11. The number of hydrogen-bond acceptors (Lipinski definition) is 3. The molecule has 6 nitrogen and oxygen atoms in total. The molecule has 2 heterocycles. The molecular formula is C23H23N5O. The van der Waals surface area contributed by atoms with Crippen molar-refractivity contribution in [2.75, 3.05) is 24.3 Å². The molecule has 2 aromatic carbocycles. The Kier molecular flexibility index (Phi) is 4.91. The summed E-state index contributed by atoms with van der Waals surface area (Å²) < 4.78 is 1.80. The van der Waals surface area contributed by atoms with Gasteiger partial charge in [-0.1, -0.05) is 30.3 Å². The zero-order valence-corrected chi connectivity index (χ0v) is 16.7. The van der Waals surface area contributed by atoms with Crippen LogP contribution in [0.4, 0.5) is 11.4 Å². The average Bonchev–Trinajstić information content (AvgIpc) is 3.33. The molecule has 6 heteroatoms. The number of fused-ring (bicyclic) bond motifs is 1. The number of aromatic amines is 1. The second kappa shape index (κ2) is 7.67. The number of anilines is 2. The molecule has 0 aliphatic heterocycles. The van der Waals surface area contributed by atoms with Crippen LogP contribution in [0.1, 0.15) is 21.7 Å². The number of hydrogen-bond donors (Lipinski definition) is 2. The van der Waals surface area contributed by atoms with E-state index >= 15 is 0 Å². The lowest BCUT2D eigenvalue weighted by molar-refractivity contribution is 0.101. The molecule has 146 valence electrons. The maximum Gasteiger partial charge on any atom is 0.272 e. The Morgan fingerprint density at radius 3 is 2.69 bits per heavy atom. The van der Waals surface area contributed by atoms with Crippen LogP contribution < -0.4 is 10.2 Å². The minimum atomic E-state index is -0.145. The molecule has 0 bridgehead atoms. The number of aryl methyl sites for hydroxylation is 1. The molecule has 0 unspecified atom stereocenters. The lowest BCUT2D eigenvalue weighted by atomic mass is 10.1. The normalized spacial score (nSPS) is 11.3. The molecule has 0 aliphatic carbocycles. The Morgan fingerprint density at radius 1 is 1.10 bits per heavy atom. The van der Waals surface area contributed by atoms with Gasteiger partial charge < -0.3 is 14.8 Å². The summed E-state index contributed by atoms with van der Waals surface area (Å²) in [6, 6.07) is 17.7. The number of aromatic nitrogens is 3. The van der Waals surface area contributed by atoms with Gasteiger partial charge in [-0.15, -0.1) is 0 Å². The van der Waals surface area contributed by atoms with E-state index in [0.717, 1.165) is 33.5 Å². The molecule has 2 aromatic heterocycles. The smallest absolute Gasteiger partial charge is 0.272 e. The van der Waals surface area contributed by atoms with Crippen molar-refractivity contribution in [2.45, 2.75) is 0 Å². The summed E-state index contributed by atoms with van der Waals surface area (Å²) in [6.45, 7) is 0. The van der Waals surface area contributed by atoms with Crippen molar-refractivity contribution in [3.8, 4) is 0 Å². The molecule has 0 spiro atoms. The lowest BCUT2D eigenvalue weighted by Crippen LogP contribution is -2.17. The lowest BCUT2D eigenvalue weighted by Gasteiger charge is -2.16. The Bertz CT molecular complexity index is 1200. The third-order valence-electron chi connectivity index (χ3n) is 4.90. The van der Waals surface area contributed by atoms with Crippen LogP contribution in [0.3, 0.4) is 0 Å². The maximum atomic E-state index is 12.8. The molecule has 4 rings (SSSR count). The van der Waals surface area contributed by atoms with Gasteiger partial charge in [-0.2, -0.15) is 5.10 Å². The van der Waals surface area contributed by atoms with E-state index in [0.29, 0.717) is 5.69 Å².